The first-order valence-corrected chi connectivity index (χ1v) is 8.51. The number of methoxy groups -OCH3 is 1. The highest BCUT2D eigenvalue weighted by atomic mass is 16.5. The number of ether oxygens (including phenoxy) is 3. The number of carbonyl (C=O) groups is 1. The summed E-state index contributed by atoms with van der Waals surface area (Å²) in [5, 5.41) is 1.04. The molecule has 0 amide bonds. The summed E-state index contributed by atoms with van der Waals surface area (Å²) in [4.78, 5) is 16.3. The zero-order chi connectivity index (χ0) is 18.2. The molecule has 0 spiro atoms. The zero-order valence-corrected chi connectivity index (χ0v) is 14.7. The Morgan fingerprint density at radius 1 is 1.00 bits per heavy atom. The predicted molar refractivity (Wildman–Crippen MR) is 99.3 cm³/mol. The Hall–Kier alpha value is -3.08. The van der Waals surface area contributed by atoms with E-state index in [0.717, 1.165) is 28.0 Å². The summed E-state index contributed by atoms with van der Waals surface area (Å²) in [5.74, 6) is 1.29. The van der Waals surface area contributed by atoms with Crippen LogP contribution in [0.25, 0.3) is 10.9 Å². The van der Waals surface area contributed by atoms with Crippen LogP contribution in [0.1, 0.15) is 18.4 Å². The molecule has 0 bridgehead atoms. The van der Waals surface area contributed by atoms with Crippen molar-refractivity contribution < 1.29 is 19.0 Å². The maximum Gasteiger partial charge on any atom is 0.306 e. The van der Waals surface area contributed by atoms with Crippen molar-refractivity contribution in [1.29, 1.82) is 0 Å². The van der Waals surface area contributed by atoms with Crippen molar-refractivity contribution in [1.82, 2.24) is 4.98 Å². The molecule has 0 fully saturated rings. The molecule has 3 rings (SSSR count). The van der Waals surface area contributed by atoms with E-state index in [0.29, 0.717) is 19.4 Å². The maximum atomic E-state index is 11.9. The standard InChI is InChI=1S/C21H21NO4/c1-24-18-9-11-19(12-10-18)25-14-4-8-20(23)26-15-17-6-2-5-16-7-3-13-22-21(16)17/h2-3,5-7,9-13H,4,8,14-15H2,1H3. The van der Waals surface area contributed by atoms with Crippen LogP contribution < -0.4 is 9.47 Å². The Labute approximate surface area is 152 Å². The van der Waals surface area contributed by atoms with Gasteiger partial charge < -0.3 is 14.2 Å². The molecular weight excluding hydrogens is 330 g/mol. The van der Waals surface area contributed by atoms with Gasteiger partial charge in [0, 0.05) is 23.6 Å². The molecule has 5 nitrogen and oxygen atoms in total. The number of pyridine rings is 1. The van der Waals surface area contributed by atoms with Crippen LogP contribution in [0.4, 0.5) is 0 Å². The number of hydrogen-bond donors (Lipinski definition) is 0. The van der Waals surface area contributed by atoms with Gasteiger partial charge in [-0.3, -0.25) is 9.78 Å². The normalized spacial score (nSPS) is 10.5. The van der Waals surface area contributed by atoms with Gasteiger partial charge in [-0.25, -0.2) is 0 Å². The van der Waals surface area contributed by atoms with Gasteiger partial charge in [-0.1, -0.05) is 24.3 Å². The van der Waals surface area contributed by atoms with Crippen LogP contribution in [0, 0.1) is 0 Å². The Morgan fingerprint density at radius 3 is 2.58 bits per heavy atom. The number of carbonyl (C=O) groups excluding carboxylic acids is 1. The fraction of sp³-hybridized carbons (Fsp3) is 0.238. The maximum absolute atomic E-state index is 11.9. The fourth-order valence-electron chi connectivity index (χ4n) is 2.59. The quantitative estimate of drug-likeness (QED) is 0.451. The molecule has 0 radical (unpaired) electrons. The highest BCUT2D eigenvalue weighted by Crippen LogP contribution is 2.18. The number of para-hydroxylation sites is 1. The van der Waals surface area contributed by atoms with Gasteiger partial charge in [0.25, 0.3) is 0 Å². The Kier molecular flexibility index (Phi) is 6.04. The molecule has 0 N–H and O–H groups in total. The second kappa shape index (κ2) is 8.85. The van der Waals surface area contributed by atoms with Crippen LogP contribution in [-0.2, 0) is 16.1 Å². The SMILES string of the molecule is COc1ccc(OCCCC(=O)OCc2cccc3cccnc23)cc1. The summed E-state index contributed by atoms with van der Waals surface area (Å²) >= 11 is 0. The fourth-order valence-corrected chi connectivity index (χ4v) is 2.59. The Morgan fingerprint density at radius 2 is 1.77 bits per heavy atom. The number of esters is 1. The van der Waals surface area contributed by atoms with E-state index in [2.05, 4.69) is 4.98 Å². The highest BCUT2D eigenvalue weighted by Gasteiger charge is 2.07. The first-order valence-electron chi connectivity index (χ1n) is 8.51. The van der Waals surface area contributed by atoms with Crippen molar-refractivity contribution in [2.75, 3.05) is 13.7 Å². The Balaban J connectivity index is 1.41. The molecule has 0 aliphatic carbocycles. The second-order valence-corrected chi connectivity index (χ2v) is 5.78. The van der Waals surface area contributed by atoms with Crippen molar-refractivity contribution in [2.24, 2.45) is 0 Å². The first-order chi connectivity index (χ1) is 12.8. The van der Waals surface area contributed by atoms with E-state index in [1.807, 2.05) is 54.6 Å². The lowest BCUT2D eigenvalue weighted by Gasteiger charge is -2.08. The van der Waals surface area contributed by atoms with E-state index >= 15 is 0 Å². The van der Waals surface area contributed by atoms with E-state index in [4.69, 9.17) is 14.2 Å². The lowest BCUT2D eigenvalue weighted by molar-refractivity contribution is -0.145. The van der Waals surface area contributed by atoms with E-state index in [1.165, 1.54) is 0 Å². The average Bonchev–Trinajstić information content (AvgIpc) is 2.70. The molecule has 134 valence electrons. The van der Waals surface area contributed by atoms with Crippen molar-refractivity contribution in [3.05, 3.63) is 66.4 Å². The number of aromatic nitrogens is 1. The summed E-state index contributed by atoms with van der Waals surface area (Å²) in [7, 11) is 1.62. The zero-order valence-electron chi connectivity index (χ0n) is 14.7. The number of nitrogens with zero attached hydrogens (tertiary/aromatic N) is 1. The second-order valence-electron chi connectivity index (χ2n) is 5.78. The largest absolute Gasteiger partial charge is 0.497 e. The molecule has 5 heteroatoms. The molecule has 0 unspecified atom stereocenters. The molecule has 2 aromatic carbocycles. The van der Waals surface area contributed by atoms with Gasteiger partial charge in [-0.15, -0.1) is 0 Å². The van der Waals surface area contributed by atoms with Crippen molar-refractivity contribution in [2.45, 2.75) is 19.4 Å². The van der Waals surface area contributed by atoms with Crippen LogP contribution in [0.2, 0.25) is 0 Å². The summed E-state index contributed by atoms with van der Waals surface area (Å²) in [6.07, 6.45) is 2.65. The molecule has 0 saturated carbocycles. The minimum absolute atomic E-state index is 0.229. The minimum Gasteiger partial charge on any atom is -0.497 e. The molecule has 26 heavy (non-hydrogen) atoms. The number of rotatable bonds is 8. The molecule has 0 aliphatic rings. The van der Waals surface area contributed by atoms with Gasteiger partial charge >= 0.3 is 5.97 Å². The third-order valence-corrected chi connectivity index (χ3v) is 3.96. The third-order valence-electron chi connectivity index (χ3n) is 3.96. The van der Waals surface area contributed by atoms with E-state index in [-0.39, 0.29) is 12.6 Å². The van der Waals surface area contributed by atoms with Crippen LogP contribution in [0.5, 0.6) is 11.5 Å². The number of fused-ring (bicyclic) bond motifs is 1. The van der Waals surface area contributed by atoms with E-state index in [9.17, 15) is 4.79 Å². The third kappa shape index (κ3) is 4.72. The molecule has 0 saturated heterocycles. The minimum atomic E-state index is -0.240. The summed E-state index contributed by atoms with van der Waals surface area (Å²) < 4.78 is 16.1. The van der Waals surface area contributed by atoms with Crippen LogP contribution in [-0.4, -0.2) is 24.7 Å². The van der Waals surface area contributed by atoms with Crippen molar-refractivity contribution in [3.63, 3.8) is 0 Å². The smallest absolute Gasteiger partial charge is 0.306 e. The molecular formula is C21H21NO4. The van der Waals surface area contributed by atoms with E-state index in [1.54, 1.807) is 13.3 Å². The van der Waals surface area contributed by atoms with Gasteiger partial charge in [0.2, 0.25) is 0 Å². The Bertz CT molecular complexity index is 856. The van der Waals surface area contributed by atoms with Crippen LogP contribution in [0.3, 0.4) is 0 Å². The van der Waals surface area contributed by atoms with Gasteiger partial charge in [0.1, 0.15) is 18.1 Å². The highest BCUT2D eigenvalue weighted by molar-refractivity contribution is 5.81. The van der Waals surface area contributed by atoms with Gasteiger partial charge in [0.15, 0.2) is 0 Å². The van der Waals surface area contributed by atoms with E-state index < -0.39 is 0 Å². The topological polar surface area (TPSA) is 57.7 Å². The van der Waals surface area contributed by atoms with Gasteiger partial charge in [-0.05, 0) is 36.8 Å². The van der Waals surface area contributed by atoms with Gasteiger partial charge in [0.05, 0.1) is 19.2 Å². The summed E-state index contributed by atoms with van der Waals surface area (Å²) in [5.41, 5.74) is 1.77. The molecule has 0 atom stereocenters. The summed E-state index contributed by atoms with van der Waals surface area (Å²) in [6.45, 7) is 0.684. The lowest BCUT2D eigenvalue weighted by Crippen LogP contribution is -2.07. The van der Waals surface area contributed by atoms with Crippen LogP contribution >= 0.6 is 0 Å². The van der Waals surface area contributed by atoms with Gasteiger partial charge in [-0.2, -0.15) is 0 Å². The number of benzene rings is 2. The molecule has 1 aromatic heterocycles. The molecule has 1 heterocycles. The summed E-state index contributed by atoms with van der Waals surface area (Å²) in [6, 6.07) is 17.1. The molecule has 0 aliphatic heterocycles. The predicted octanol–water partition coefficient (Wildman–Crippen LogP) is 4.15. The number of hydrogen-bond acceptors (Lipinski definition) is 5. The van der Waals surface area contributed by atoms with Crippen molar-refractivity contribution >= 4 is 16.9 Å². The van der Waals surface area contributed by atoms with Crippen LogP contribution in [0.15, 0.2) is 60.8 Å². The average molecular weight is 351 g/mol. The molecule has 3 aromatic rings. The van der Waals surface area contributed by atoms with Crippen molar-refractivity contribution in [3.8, 4) is 11.5 Å². The first kappa shape index (κ1) is 17.7. The lowest BCUT2D eigenvalue weighted by atomic mass is 10.1. The monoisotopic (exact) mass is 351 g/mol.